The lowest BCUT2D eigenvalue weighted by atomic mass is 10.1. The molecule has 0 radical (unpaired) electrons. The van der Waals surface area contributed by atoms with Gasteiger partial charge in [0.05, 0.1) is 17.8 Å². The number of nitrogens with one attached hydrogen (secondary N) is 1. The average molecular weight is 220 g/mol. The zero-order valence-corrected chi connectivity index (χ0v) is 9.47. The third-order valence-corrected chi connectivity index (χ3v) is 2.46. The quantitative estimate of drug-likeness (QED) is 0.830. The highest BCUT2D eigenvalue weighted by Gasteiger charge is 2.09. The van der Waals surface area contributed by atoms with Gasteiger partial charge in [0.25, 0.3) is 0 Å². The summed E-state index contributed by atoms with van der Waals surface area (Å²) in [6.07, 6.45) is 3.74. The normalized spacial score (nSPS) is 14.9. The topological polar surface area (TPSA) is 58.3 Å². The van der Waals surface area contributed by atoms with Crippen molar-refractivity contribution in [1.29, 1.82) is 0 Å². The Morgan fingerprint density at radius 1 is 1.44 bits per heavy atom. The number of hydrogen-bond donors (Lipinski definition) is 2. The molecule has 2 aromatic rings. The van der Waals surface area contributed by atoms with E-state index < -0.39 is 0 Å². The van der Waals surface area contributed by atoms with Crippen molar-refractivity contribution in [3.63, 3.8) is 0 Å². The van der Waals surface area contributed by atoms with E-state index in [-0.39, 0.29) is 12.1 Å². The maximum absolute atomic E-state index is 9.30. The molecule has 2 unspecified atom stereocenters. The van der Waals surface area contributed by atoms with E-state index in [4.69, 9.17) is 4.42 Å². The minimum absolute atomic E-state index is 0.174. The number of fused-ring (bicyclic) bond motifs is 1. The Bertz CT molecular complexity index is 465. The second kappa shape index (κ2) is 4.53. The first-order chi connectivity index (χ1) is 7.66. The molecule has 0 amide bonds. The minimum Gasteiger partial charge on any atom is -0.464 e. The summed E-state index contributed by atoms with van der Waals surface area (Å²) in [7, 11) is 0. The van der Waals surface area contributed by atoms with E-state index in [0.29, 0.717) is 6.42 Å². The molecule has 0 spiro atoms. The van der Waals surface area contributed by atoms with Gasteiger partial charge in [-0.05, 0) is 32.4 Å². The number of rotatable bonds is 4. The maximum Gasteiger partial charge on any atom is 0.139 e. The number of pyridine rings is 1. The minimum atomic E-state index is -0.314. The first kappa shape index (κ1) is 11.0. The highest BCUT2D eigenvalue weighted by atomic mass is 16.3. The molecule has 0 saturated heterocycles. The molecule has 4 heteroatoms. The number of furan rings is 1. The summed E-state index contributed by atoms with van der Waals surface area (Å²) in [6, 6.07) is 3.90. The molecular weight excluding hydrogens is 204 g/mol. The van der Waals surface area contributed by atoms with Crippen LogP contribution in [0, 0.1) is 0 Å². The number of hydrogen-bond acceptors (Lipinski definition) is 4. The van der Waals surface area contributed by atoms with Crippen LogP contribution in [0.15, 0.2) is 29.0 Å². The van der Waals surface area contributed by atoms with Crippen molar-refractivity contribution in [3.05, 3.63) is 24.6 Å². The first-order valence-corrected chi connectivity index (χ1v) is 5.43. The van der Waals surface area contributed by atoms with Gasteiger partial charge >= 0.3 is 0 Å². The number of aliphatic hydroxyl groups excluding tert-OH is 1. The molecule has 86 valence electrons. The van der Waals surface area contributed by atoms with Crippen LogP contribution >= 0.6 is 0 Å². The molecule has 0 aromatic carbocycles. The van der Waals surface area contributed by atoms with Crippen molar-refractivity contribution in [3.8, 4) is 0 Å². The highest BCUT2D eigenvalue weighted by molar-refractivity contribution is 5.87. The third kappa shape index (κ3) is 2.33. The summed E-state index contributed by atoms with van der Waals surface area (Å²) >= 11 is 0. The van der Waals surface area contributed by atoms with Crippen molar-refractivity contribution in [2.45, 2.75) is 32.4 Å². The average Bonchev–Trinajstić information content (AvgIpc) is 2.65. The first-order valence-electron chi connectivity index (χ1n) is 5.43. The lowest BCUT2D eigenvalue weighted by Gasteiger charge is -2.16. The van der Waals surface area contributed by atoms with E-state index in [1.807, 2.05) is 19.1 Å². The molecular formula is C12H16N2O2. The standard InChI is InChI=1S/C12H16N2O2/c1-8(7-9(2)15)14-12-10-4-6-16-11(10)3-5-13-12/h3-6,8-9,15H,7H2,1-2H3,(H,13,14). The Morgan fingerprint density at radius 2 is 2.25 bits per heavy atom. The number of aliphatic hydroxyl groups is 1. The van der Waals surface area contributed by atoms with E-state index >= 15 is 0 Å². The van der Waals surface area contributed by atoms with Crippen LogP contribution in [0.5, 0.6) is 0 Å². The lowest BCUT2D eigenvalue weighted by Crippen LogP contribution is -2.21. The molecule has 0 bridgehead atoms. The summed E-state index contributed by atoms with van der Waals surface area (Å²) in [4.78, 5) is 4.27. The van der Waals surface area contributed by atoms with E-state index in [0.717, 1.165) is 16.8 Å². The zero-order chi connectivity index (χ0) is 11.5. The predicted octanol–water partition coefficient (Wildman–Crippen LogP) is 2.40. The zero-order valence-electron chi connectivity index (χ0n) is 9.47. The van der Waals surface area contributed by atoms with Gasteiger partial charge in [0, 0.05) is 12.2 Å². The fourth-order valence-corrected chi connectivity index (χ4v) is 1.81. The summed E-state index contributed by atoms with van der Waals surface area (Å²) in [5.74, 6) is 0.805. The van der Waals surface area contributed by atoms with Crippen LogP contribution in [0.4, 0.5) is 5.82 Å². The van der Waals surface area contributed by atoms with E-state index in [2.05, 4.69) is 10.3 Å². The van der Waals surface area contributed by atoms with Crippen molar-refractivity contribution < 1.29 is 9.52 Å². The van der Waals surface area contributed by atoms with Gasteiger partial charge in [0.15, 0.2) is 0 Å². The van der Waals surface area contributed by atoms with E-state index in [9.17, 15) is 5.11 Å². The van der Waals surface area contributed by atoms with E-state index in [1.165, 1.54) is 0 Å². The molecule has 0 saturated carbocycles. The van der Waals surface area contributed by atoms with Gasteiger partial charge in [-0.3, -0.25) is 0 Å². The number of nitrogens with zero attached hydrogens (tertiary/aromatic N) is 1. The predicted molar refractivity (Wildman–Crippen MR) is 63.4 cm³/mol. The van der Waals surface area contributed by atoms with Gasteiger partial charge in [0.1, 0.15) is 11.4 Å². The van der Waals surface area contributed by atoms with Crippen LogP contribution in [0.1, 0.15) is 20.3 Å². The largest absolute Gasteiger partial charge is 0.464 e. The molecule has 2 aromatic heterocycles. The molecule has 0 aliphatic carbocycles. The Hall–Kier alpha value is -1.55. The van der Waals surface area contributed by atoms with Gasteiger partial charge in [-0.25, -0.2) is 4.98 Å². The second-order valence-electron chi connectivity index (χ2n) is 4.12. The lowest BCUT2D eigenvalue weighted by molar-refractivity contribution is 0.179. The molecule has 16 heavy (non-hydrogen) atoms. The SMILES string of the molecule is CC(O)CC(C)Nc1nccc2occc12. The van der Waals surface area contributed by atoms with Crippen LogP contribution in [0.3, 0.4) is 0 Å². The van der Waals surface area contributed by atoms with Crippen LogP contribution < -0.4 is 5.32 Å². The highest BCUT2D eigenvalue weighted by Crippen LogP contribution is 2.22. The summed E-state index contributed by atoms with van der Waals surface area (Å²) in [5, 5.41) is 13.5. The Labute approximate surface area is 94.3 Å². The van der Waals surface area contributed by atoms with Crippen molar-refractivity contribution in [2.75, 3.05) is 5.32 Å². The molecule has 0 aliphatic rings. The third-order valence-electron chi connectivity index (χ3n) is 2.46. The van der Waals surface area contributed by atoms with Crippen molar-refractivity contribution in [2.24, 2.45) is 0 Å². The molecule has 0 aliphatic heterocycles. The van der Waals surface area contributed by atoms with Crippen LogP contribution in [0.25, 0.3) is 11.0 Å². The Morgan fingerprint density at radius 3 is 3.00 bits per heavy atom. The Kier molecular flexibility index (Phi) is 3.10. The summed E-state index contributed by atoms with van der Waals surface area (Å²) < 4.78 is 5.29. The number of anilines is 1. The maximum atomic E-state index is 9.30. The van der Waals surface area contributed by atoms with Crippen molar-refractivity contribution in [1.82, 2.24) is 4.98 Å². The van der Waals surface area contributed by atoms with Gasteiger partial charge in [-0.1, -0.05) is 0 Å². The Balaban J connectivity index is 2.17. The fourth-order valence-electron chi connectivity index (χ4n) is 1.81. The van der Waals surface area contributed by atoms with E-state index in [1.54, 1.807) is 19.4 Å². The smallest absolute Gasteiger partial charge is 0.139 e. The molecule has 0 fully saturated rings. The van der Waals surface area contributed by atoms with Crippen molar-refractivity contribution >= 4 is 16.8 Å². The molecule has 2 N–H and O–H groups in total. The molecule has 2 atom stereocenters. The second-order valence-corrected chi connectivity index (χ2v) is 4.12. The van der Waals surface area contributed by atoms with Crippen LogP contribution in [-0.4, -0.2) is 22.2 Å². The van der Waals surface area contributed by atoms with Gasteiger partial charge in [-0.15, -0.1) is 0 Å². The molecule has 4 nitrogen and oxygen atoms in total. The number of aromatic nitrogens is 1. The summed E-state index contributed by atoms with van der Waals surface area (Å²) in [6.45, 7) is 3.80. The summed E-state index contributed by atoms with van der Waals surface area (Å²) in [5.41, 5.74) is 0.821. The molecule has 2 rings (SSSR count). The van der Waals surface area contributed by atoms with Gasteiger partial charge in [-0.2, -0.15) is 0 Å². The fraction of sp³-hybridized carbons (Fsp3) is 0.417. The van der Waals surface area contributed by atoms with Crippen LogP contribution in [-0.2, 0) is 0 Å². The molecule has 2 heterocycles. The monoisotopic (exact) mass is 220 g/mol. The van der Waals surface area contributed by atoms with Crippen LogP contribution in [0.2, 0.25) is 0 Å². The van der Waals surface area contributed by atoms with Gasteiger partial charge in [0.2, 0.25) is 0 Å². The van der Waals surface area contributed by atoms with Gasteiger partial charge < -0.3 is 14.8 Å².